The van der Waals surface area contributed by atoms with Crippen LogP contribution in [0.4, 0.5) is 0 Å². The third kappa shape index (κ3) is 3.39. The molecule has 0 atom stereocenters. The molecule has 0 aliphatic heterocycles. The van der Waals surface area contributed by atoms with Gasteiger partial charge in [-0.2, -0.15) is 0 Å². The molecule has 0 aromatic carbocycles. The van der Waals surface area contributed by atoms with E-state index in [-0.39, 0.29) is 0 Å². The first-order valence-corrected chi connectivity index (χ1v) is 5.43. The number of nitrogens with one attached hydrogen (secondary N) is 1. The zero-order valence-corrected chi connectivity index (χ0v) is 9.48. The Hall–Kier alpha value is -0.500. The summed E-state index contributed by atoms with van der Waals surface area (Å²) in [4.78, 5) is 0. The van der Waals surface area contributed by atoms with Crippen LogP contribution in [0.2, 0.25) is 0 Å². The van der Waals surface area contributed by atoms with Crippen LogP contribution >= 0.6 is 0 Å². The van der Waals surface area contributed by atoms with Crippen molar-refractivity contribution in [3.63, 3.8) is 0 Å². The summed E-state index contributed by atoms with van der Waals surface area (Å²) in [6, 6.07) is 0. The van der Waals surface area contributed by atoms with E-state index in [1.807, 2.05) is 0 Å². The first kappa shape index (κ1) is 12.5. The van der Waals surface area contributed by atoms with E-state index in [1.165, 1.54) is 24.1 Å². The van der Waals surface area contributed by atoms with Gasteiger partial charge in [0.25, 0.3) is 0 Å². The van der Waals surface area contributed by atoms with E-state index in [2.05, 4.69) is 33.1 Å². The molecule has 0 aromatic rings. The molecule has 2 nitrogen and oxygen atoms in total. The highest BCUT2D eigenvalue weighted by Crippen LogP contribution is 2.24. The molecule has 0 amide bonds. The van der Waals surface area contributed by atoms with Crippen LogP contribution in [0.25, 0.3) is 0 Å². The molecule has 0 saturated carbocycles. The second-order valence-electron chi connectivity index (χ2n) is 3.37. The van der Waals surface area contributed by atoms with Crippen molar-refractivity contribution in [2.24, 2.45) is 11.8 Å². The Morgan fingerprint density at radius 3 is 1.85 bits per heavy atom. The SMILES string of the molecule is CCC(NN)=C(CC)C(CC)CC. The number of hydrogen-bond acceptors (Lipinski definition) is 2. The van der Waals surface area contributed by atoms with Gasteiger partial charge in [0.05, 0.1) is 0 Å². The molecule has 13 heavy (non-hydrogen) atoms. The predicted octanol–water partition coefficient (Wildman–Crippen LogP) is 2.96. The summed E-state index contributed by atoms with van der Waals surface area (Å²) in [5.41, 5.74) is 5.57. The zero-order valence-electron chi connectivity index (χ0n) is 9.48. The normalized spacial score (nSPS) is 13.1. The van der Waals surface area contributed by atoms with E-state index < -0.39 is 0 Å². The largest absolute Gasteiger partial charge is 0.328 e. The van der Waals surface area contributed by atoms with Gasteiger partial charge in [0.15, 0.2) is 0 Å². The Morgan fingerprint density at radius 1 is 1.08 bits per heavy atom. The van der Waals surface area contributed by atoms with Gasteiger partial charge in [0.2, 0.25) is 0 Å². The molecule has 0 bridgehead atoms. The first-order chi connectivity index (χ1) is 6.24. The van der Waals surface area contributed by atoms with Gasteiger partial charge in [-0.3, -0.25) is 5.84 Å². The second kappa shape index (κ2) is 6.96. The highest BCUT2D eigenvalue weighted by molar-refractivity contribution is 5.14. The van der Waals surface area contributed by atoms with Gasteiger partial charge < -0.3 is 5.43 Å². The summed E-state index contributed by atoms with van der Waals surface area (Å²) in [5.74, 6) is 6.20. The molecule has 3 N–H and O–H groups in total. The lowest BCUT2D eigenvalue weighted by atomic mass is 9.90. The minimum absolute atomic E-state index is 0.705. The molecular weight excluding hydrogens is 160 g/mol. The molecule has 0 saturated heterocycles. The molecular formula is C11H24N2. The fourth-order valence-electron chi connectivity index (χ4n) is 1.95. The Kier molecular flexibility index (Phi) is 6.69. The summed E-state index contributed by atoms with van der Waals surface area (Å²) < 4.78 is 0. The first-order valence-electron chi connectivity index (χ1n) is 5.43. The molecule has 0 fully saturated rings. The minimum atomic E-state index is 0.705. The maximum Gasteiger partial charge on any atom is 0.0251 e. The van der Waals surface area contributed by atoms with Crippen LogP contribution in [0.1, 0.15) is 53.4 Å². The summed E-state index contributed by atoms with van der Waals surface area (Å²) in [6.07, 6.45) is 4.55. The Balaban J connectivity index is 4.69. The summed E-state index contributed by atoms with van der Waals surface area (Å²) in [6.45, 7) is 8.84. The van der Waals surface area contributed by atoms with Crippen molar-refractivity contribution in [1.82, 2.24) is 5.43 Å². The molecule has 0 aliphatic carbocycles. The minimum Gasteiger partial charge on any atom is -0.328 e. The fraction of sp³-hybridized carbons (Fsp3) is 0.818. The molecule has 0 heterocycles. The van der Waals surface area contributed by atoms with E-state index >= 15 is 0 Å². The number of hydrogen-bond donors (Lipinski definition) is 2. The average molecular weight is 184 g/mol. The van der Waals surface area contributed by atoms with Gasteiger partial charge in [-0.15, -0.1) is 0 Å². The van der Waals surface area contributed by atoms with E-state index in [0.29, 0.717) is 5.92 Å². The predicted molar refractivity (Wildman–Crippen MR) is 59.0 cm³/mol. The highest BCUT2D eigenvalue weighted by Gasteiger charge is 2.12. The molecule has 0 unspecified atom stereocenters. The monoisotopic (exact) mass is 184 g/mol. The van der Waals surface area contributed by atoms with Crippen LogP contribution in [-0.4, -0.2) is 0 Å². The standard InChI is InChI=1S/C11H24N2/c1-5-9(6-2)10(7-3)11(8-4)13-12/h9,13H,5-8,12H2,1-4H3. The lowest BCUT2D eigenvalue weighted by Gasteiger charge is -2.20. The summed E-state index contributed by atoms with van der Waals surface area (Å²) >= 11 is 0. The molecule has 0 aromatic heterocycles. The quantitative estimate of drug-likeness (QED) is 0.492. The third-order valence-corrected chi connectivity index (χ3v) is 2.77. The molecule has 0 rings (SSSR count). The van der Waals surface area contributed by atoms with Gasteiger partial charge in [-0.25, -0.2) is 0 Å². The molecule has 2 heteroatoms. The van der Waals surface area contributed by atoms with Gasteiger partial charge in [-0.1, -0.05) is 27.7 Å². The van der Waals surface area contributed by atoms with E-state index in [1.54, 1.807) is 0 Å². The lowest BCUT2D eigenvalue weighted by Crippen LogP contribution is -2.24. The van der Waals surface area contributed by atoms with Crippen LogP contribution < -0.4 is 11.3 Å². The van der Waals surface area contributed by atoms with Crippen molar-refractivity contribution in [1.29, 1.82) is 0 Å². The second-order valence-corrected chi connectivity index (χ2v) is 3.37. The third-order valence-electron chi connectivity index (χ3n) is 2.77. The van der Waals surface area contributed by atoms with E-state index in [4.69, 9.17) is 5.84 Å². The van der Waals surface area contributed by atoms with Crippen LogP contribution in [0, 0.1) is 5.92 Å². The van der Waals surface area contributed by atoms with Crippen molar-refractivity contribution in [2.45, 2.75) is 53.4 Å². The van der Waals surface area contributed by atoms with Crippen molar-refractivity contribution in [3.05, 3.63) is 11.3 Å². The fourth-order valence-corrected chi connectivity index (χ4v) is 1.95. The highest BCUT2D eigenvalue weighted by atomic mass is 15.2. The van der Waals surface area contributed by atoms with Crippen molar-refractivity contribution < 1.29 is 0 Å². The summed E-state index contributed by atoms with van der Waals surface area (Å²) in [5, 5.41) is 0. The van der Waals surface area contributed by atoms with Gasteiger partial charge in [-0.05, 0) is 37.2 Å². The smallest absolute Gasteiger partial charge is 0.0251 e. The Labute approximate surface area is 82.6 Å². The molecule has 0 spiro atoms. The topological polar surface area (TPSA) is 38.0 Å². The number of allylic oxidation sites excluding steroid dienone is 2. The number of hydrazine groups is 1. The Bertz CT molecular complexity index is 151. The summed E-state index contributed by atoms with van der Waals surface area (Å²) in [7, 11) is 0. The Morgan fingerprint density at radius 2 is 1.62 bits per heavy atom. The number of rotatable bonds is 6. The maximum absolute atomic E-state index is 5.50. The van der Waals surface area contributed by atoms with Crippen LogP contribution in [0.3, 0.4) is 0 Å². The van der Waals surface area contributed by atoms with Crippen molar-refractivity contribution in [3.8, 4) is 0 Å². The molecule has 78 valence electrons. The van der Waals surface area contributed by atoms with Crippen molar-refractivity contribution >= 4 is 0 Å². The average Bonchev–Trinajstić information content (AvgIpc) is 2.18. The van der Waals surface area contributed by atoms with Crippen LogP contribution in [-0.2, 0) is 0 Å². The van der Waals surface area contributed by atoms with Gasteiger partial charge >= 0.3 is 0 Å². The number of nitrogens with two attached hydrogens (primary N) is 1. The van der Waals surface area contributed by atoms with Crippen LogP contribution in [0.5, 0.6) is 0 Å². The van der Waals surface area contributed by atoms with Crippen LogP contribution in [0.15, 0.2) is 11.3 Å². The van der Waals surface area contributed by atoms with Crippen molar-refractivity contribution in [2.75, 3.05) is 0 Å². The van der Waals surface area contributed by atoms with Gasteiger partial charge in [0, 0.05) is 5.70 Å². The lowest BCUT2D eigenvalue weighted by molar-refractivity contribution is 0.539. The molecule has 0 radical (unpaired) electrons. The van der Waals surface area contributed by atoms with Gasteiger partial charge in [0.1, 0.15) is 0 Å². The zero-order chi connectivity index (χ0) is 10.3. The maximum atomic E-state index is 5.50. The van der Waals surface area contributed by atoms with E-state index in [0.717, 1.165) is 12.8 Å². The molecule has 0 aliphatic rings. The van der Waals surface area contributed by atoms with E-state index in [9.17, 15) is 0 Å².